The largest absolute Gasteiger partial charge is 0.436 e. The number of aromatic nitrogens is 2. The fourth-order valence-electron chi connectivity index (χ4n) is 2.19. The van der Waals surface area contributed by atoms with Crippen LogP contribution in [0.3, 0.4) is 0 Å². The molecule has 1 unspecified atom stereocenters. The Morgan fingerprint density at radius 3 is 2.45 bits per heavy atom. The second kappa shape index (κ2) is 6.22. The minimum Gasteiger partial charge on any atom is -0.354 e. The van der Waals surface area contributed by atoms with E-state index in [-0.39, 0.29) is 22.2 Å². The van der Waals surface area contributed by atoms with Crippen LogP contribution in [0.5, 0.6) is 0 Å². The smallest absolute Gasteiger partial charge is 0.354 e. The van der Waals surface area contributed by atoms with Crippen molar-refractivity contribution >= 4 is 21.8 Å². The predicted octanol–water partition coefficient (Wildman–Crippen LogP) is 3.88. The number of nitrogens with zero attached hydrogens (tertiary/aromatic N) is 2. The van der Waals surface area contributed by atoms with Gasteiger partial charge in [-0.2, -0.15) is 18.3 Å². The zero-order chi connectivity index (χ0) is 16.7. The molecule has 0 aromatic carbocycles. The third-order valence-corrected chi connectivity index (χ3v) is 4.33. The molecule has 22 heavy (non-hydrogen) atoms. The Labute approximate surface area is 135 Å². The van der Waals surface area contributed by atoms with Gasteiger partial charge in [-0.05, 0) is 41.6 Å². The molecule has 124 valence electrons. The molecule has 1 aliphatic rings. The standard InChI is InChI=1S/C14H19BrF3N3O/c1-7(2)6-19-13(22)8(3)21-11(9-4-5-9)10(15)12(20-21)14(16,17)18/h7-9H,4-6H2,1-3H3,(H,19,22). The molecule has 1 aliphatic carbocycles. The minimum absolute atomic E-state index is 0.0361. The lowest BCUT2D eigenvalue weighted by atomic mass is 10.2. The summed E-state index contributed by atoms with van der Waals surface area (Å²) in [6, 6.07) is -0.776. The first-order valence-electron chi connectivity index (χ1n) is 7.25. The molecule has 1 amide bonds. The predicted molar refractivity (Wildman–Crippen MR) is 79.5 cm³/mol. The molecular formula is C14H19BrF3N3O. The maximum atomic E-state index is 13.0. The molecule has 1 heterocycles. The molecule has 0 aliphatic heterocycles. The fraction of sp³-hybridized carbons (Fsp3) is 0.714. The molecule has 4 nitrogen and oxygen atoms in total. The third-order valence-electron chi connectivity index (χ3n) is 3.55. The van der Waals surface area contributed by atoms with Gasteiger partial charge in [0.2, 0.25) is 5.91 Å². The lowest BCUT2D eigenvalue weighted by Gasteiger charge is -2.16. The van der Waals surface area contributed by atoms with Crippen LogP contribution in [0, 0.1) is 5.92 Å². The zero-order valence-corrected chi connectivity index (χ0v) is 14.3. The Hall–Kier alpha value is -1.05. The van der Waals surface area contributed by atoms with Gasteiger partial charge in [0.05, 0.1) is 10.2 Å². The average Bonchev–Trinajstić information content (AvgIpc) is 3.17. The molecule has 0 saturated heterocycles. The van der Waals surface area contributed by atoms with Crippen molar-refractivity contribution in [3.63, 3.8) is 0 Å². The second-order valence-electron chi connectivity index (χ2n) is 6.08. The van der Waals surface area contributed by atoms with Gasteiger partial charge in [-0.25, -0.2) is 0 Å². The molecule has 1 saturated carbocycles. The van der Waals surface area contributed by atoms with Crippen molar-refractivity contribution in [2.75, 3.05) is 6.54 Å². The van der Waals surface area contributed by atoms with Crippen molar-refractivity contribution in [1.82, 2.24) is 15.1 Å². The van der Waals surface area contributed by atoms with E-state index in [1.165, 1.54) is 4.68 Å². The number of alkyl halides is 3. The number of carbonyl (C=O) groups is 1. The van der Waals surface area contributed by atoms with Gasteiger partial charge in [0.15, 0.2) is 5.69 Å². The maximum absolute atomic E-state index is 13.0. The van der Waals surface area contributed by atoms with Crippen molar-refractivity contribution in [2.45, 2.75) is 51.7 Å². The summed E-state index contributed by atoms with van der Waals surface area (Å²) in [5.74, 6) is -0.00760. The highest BCUT2D eigenvalue weighted by Crippen LogP contribution is 2.47. The van der Waals surface area contributed by atoms with Gasteiger partial charge in [-0.3, -0.25) is 9.48 Å². The highest BCUT2D eigenvalue weighted by Gasteiger charge is 2.42. The van der Waals surface area contributed by atoms with Gasteiger partial charge in [0.1, 0.15) is 6.04 Å². The number of nitrogens with one attached hydrogen (secondary N) is 1. The Kier molecular flexibility index (Phi) is 4.89. The minimum atomic E-state index is -4.54. The first kappa shape index (κ1) is 17.3. The van der Waals surface area contributed by atoms with E-state index in [4.69, 9.17) is 0 Å². The molecule has 1 atom stereocenters. The Morgan fingerprint density at radius 2 is 2.00 bits per heavy atom. The number of rotatable bonds is 5. The van der Waals surface area contributed by atoms with Gasteiger partial charge >= 0.3 is 6.18 Å². The highest BCUT2D eigenvalue weighted by molar-refractivity contribution is 9.10. The summed E-state index contributed by atoms with van der Waals surface area (Å²) in [5, 5.41) is 6.41. The van der Waals surface area contributed by atoms with Crippen molar-refractivity contribution in [3.05, 3.63) is 15.9 Å². The zero-order valence-electron chi connectivity index (χ0n) is 12.7. The van der Waals surface area contributed by atoms with Crippen molar-refractivity contribution in [1.29, 1.82) is 0 Å². The van der Waals surface area contributed by atoms with Crippen LogP contribution in [0.2, 0.25) is 0 Å². The van der Waals surface area contributed by atoms with Crippen molar-refractivity contribution in [3.8, 4) is 0 Å². The average molecular weight is 382 g/mol. The van der Waals surface area contributed by atoms with Crippen LogP contribution in [-0.4, -0.2) is 22.2 Å². The molecule has 8 heteroatoms. The maximum Gasteiger partial charge on any atom is 0.436 e. The molecule has 2 rings (SSSR count). The van der Waals surface area contributed by atoms with E-state index in [0.717, 1.165) is 12.8 Å². The summed E-state index contributed by atoms with van der Waals surface area (Å²) in [4.78, 5) is 12.1. The van der Waals surface area contributed by atoms with Crippen molar-refractivity contribution < 1.29 is 18.0 Å². The van der Waals surface area contributed by atoms with Crippen molar-refractivity contribution in [2.24, 2.45) is 5.92 Å². The van der Waals surface area contributed by atoms with Crippen LogP contribution in [0.4, 0.5) is 13.2 Å². The molecule has 1 aromatic heterocycles. The summed E-state index contributed by atoms with van der Waals surface area (Å²) in [6.45, 7) is 5.96. The van der Waals surface area contributed by atoms with E-state index in [0.29, 0.717) is 12.2 Å². The highest BCUT2D eigenvalue weighted by atomic mass is 79.9. The monoisotopic (exact) mass is 381 g/mol. The normalized spacial score (nSPS) is 16.9. The third kappa shape index (κ3) is 3.64. The number of hydrogen-bond acceptors (Lipinski definition) is 2. The molecule has 1 aromatic rings. The first-order chi connectivity index (χ1) is 10.1. The van der Waals surface area contributed by atoms with Crippen LogP contribution >= 0.6 is 15.9 Å². The summed E-state index contributed by atoms with van der Waals surface area (Å²) in [7, 11) is 0. The van der Waals surface area contributed by atoms with Crippen LogP contribution < -0.4 is 5.32 Å². The van der Waals surface area contributed by atoms with Gasteiger partial charge in [0, 0.05) is 12.5 Å². The lowest BCUT2D eigenvalue weighted by Crippen LogP contribution is -2.34. The quantitative estimate of drug-likeness (QED) is 0.841. The second-order valence-corrected chi connectivity index (χ2v) is 6.87. The Balaban J connectivity index is 2.31. The van der Waals surface area contributed by atoms with E-state index >= 15 is 0 Å². The Morgan fingerprint density at radius 1 is 1.41 bits per heavy atom. The van der Waals surface area contributed by atoms with Gasteiger partial charge < -0.3 is 5.32 Å². The summed E-state index contributed by atoms with van der Waals surface area (Å²) >= 11 is 3.02. The number of halogens is 4. The topological polar surface area (TPSA) is 46.9 Å². The van der Waals surface area contributed by atoms with E-state index in [1.807, 2.05) is 13.8 Å². The van der Waals surface area contributed by atoms with Crippen LogP contribution in [0.15, 0.2) is 4.47 Å². The van der Waals surface area contributed by atoms with E-state index in [2.05, 4.69) is 26.3 Å². The Bertz CT molecular complexity index is 564. The summed E-state index contributed by atoms with van der Waals surface area (Å²) < 4.78 is 40.3. The van der Waals surface area contributed by atoms with E-state index in [1.54, 1.807) is 6.92 Å². The molecular weight excluding hydrogens is 363 g/mol. The summed E-state index contributed by atoms with van der Waals surface area (Å²) in [6.07, 6.45) is -2.90. The van der Waals surface area contributed by atoms with Crippen LogP contribution in [0.1, 0.15) is 57.0 Å². The molecule has 0 bridgehead atoms. The summed E-state index contributed by atoms with van der Waals surface area (Å²) in [5.41, 5.74) is -0.488. The van der Waals surface area contributed by atoms with Crippen LogP contribution in [-0.2, 0) is 11.0 Å². The number of amides is 1. The molecule has 1 fully saturated rings. The van der Waals surface area contributed by atoms with Gasteiger partial charge in [-0.15, -0.1) is 0 Å². The van der Waals surface area contributed by atoms with Crippen LogP contribution in [0.25, 0.3) is 0 Å². The van der Waals surface area contributed by atoms with E-state index < -0.39 is 17.9 Å². The van der Waals surface area contributed by atoms with Gasteiger partial charge in [0.25, 0.3) is 0 Å². The number of hydrogen-bond donors (Lipinski definition) is 1. The van der Waals surface area contributed by atoms with E-state index in [9.17, 15) is 18.0 Å². The first-order valence-corrected chi connectivity index (χ1v) is 8.05. The molecule has 1 N–H and O–H groups in total. The fourth-order valence-corrected chi connectivity index (χ4v) is 3.00. The molecule has 0 spiro atoms. The lowest BCUT2D eigenvalue weighted by molar-refractivity contribution is -0.142. The SMILES string of the molecule is CC(C)CNC(=O)C(C)n1nc(C(F)(F)F)c(Br)c1C1CC1. The molecule has 0 radical (unpaired) electrons. The van der Waals surface area contributed by atoms with Gasteiger partial charge in [-0.1, -0.05) is 13.8 Å². The number of carbonyl (C=O) groups excluding carboxylic acids is 1.